The number of hydrogen-bond donors (Lipinski definition) is 0. The Morgan fingerprint density at radius 3 is 2.33 bits per heavy atom. The smallest absolute Gasteiger partial charge is 0.234 e. The van der Waals surface area contributed by atoms with E-state index in [1.807, 2.05) is 36.4 Å². The first-order valence-corrected chi connectivity index (χ1v) is 19.2. The van der Waals surface area contributed by atoms with Gasteiger partial charge in [-0.1, -0.05) is 98.0 Å². The van der Waals surface area contributed by atoms with E-state index in [0.29, 0.717) is 47.4 Å². The molecule has 1 fully saturated rings. The van der Waals surface area contributed by atoms with Crippen LogP contribution in [0, 0.1) is 0 Å². The highest BCUT2D eigenvalue weighted by Crippen LogP contribution is 2.34. The summed E-state index contributed by atoms with van der Waals surface area (Å²) >= 11 is 12.6. The van der Waals surface area contributed by atoms with Crippen molar-refractivity contribution >= 4 is 46.4 Å². The Labute approximate surface area is 304 Å². The summed E-state index contributed by atoms with van der Waals surface area (Å²) in [5.74, 6) is 0.515. The molecule has 2 aromatic rings. The summed E-state index contributed by atoms with van der Waals surface area (Å²) in [5, 5.41) is 1.22. The van der Waals surface area contributed by atoms with E-state index in [0.717, 1.165) is 108 Å². The van der Waals surface area contributed by atoms with Crippen molar-refractivity contribution < 1.29 is 14.3 Å². The molecule has 8 heteroatoms. The average Bonchev–Trinajstić information content (AvgIpc) is 3.11. The molecule has 0 spiro atoms. The van der Waals surface area contributed by atoms with Gasteiger partial charge in [0.1, 0.15) is 5.75 Å². The zero-order valence-electron chi connectivity index (χ0n) is 29.4. The molecule has 2 aromatic carbocycles. The summed E-state index contributed by atoms with van der Waals surface area (Å²) in [4.78, 5) is 32.3. The number of carbonyl (C=O) groups is 2. The number of allylic oxidation sites excluding steroid dienone is 6. The first-order valence-electron chi connectivity index (χ1n) is 18.5. The van der Waals surface area contributed by atoms with Gasteiger partial charge in [0.05, 0.1) is 28.0 Å². The van der Waals surface area contributed by atoms with Crippen LogP contribution >= 0.6 is 23.2 Å². The lowest BCUT2D eigenvalue weighted by Gasteiger charge is -2.36. The van der Waals surface area contributed by atoms with E-state index in [1.165, 1.54) is 11.3 Å². The van der Waals surface area contributed by atoms with E-state index in [-0.39, 0.29) is 11.8 Å². The Morgan fingerprint density at radius 2 is 1.53 bits per heavy atom. The molecule has 0 radical (unpaired) electrons. The molecular weight excluding hydrogens is 653 g/mol. The Bertz CT molecular complexity index is 1410. The minimum atomic E-state index is -0.105. The molecule has 2 aliphatic rings. The minimum absolute atomic E-state index is 0.0954. The largest absolute Gasteiger partial charge is 0.494 e. The number of anilines is 2. The number of unbranched alkanes of at least 4 members (excludes halogenated alkanes) is 6. The van der Waals surface area contributed by atoms with Crippen LogP contribution in [0.4, 0.5) is 11.4 Å². The van der Waals surface area contributed by atoms with E-state index in [9.17, 15) is 9.59 Å². The van der Waals surface area contributed by atoms with Crippen LogP contribution in [0.3, 0.4) is 0 Å². The summed E-state index contributed by atoms with van der Waals surface area (Å²) < 4.78 is 6.10. The van der Waals surface area contributed by atoms with E-state index < -0.39 is 0 Å². The third kappa shape index (κ3) is 13.0. The molecule has 0 aliphatic carbocycles. The molecule has 0 aromatic heterocycles. The normalized spacial score (nSPS) is 15.6. The second kappa shape index (κ2) is 21.9. The third-order valence-corrected chi connectivity index (χ3v) is 10.0. The Hall–Kier alpha value is -3.06. The van der Waals surface area contributed by atoms with E-state index in [1.54, 1.807) is 0 Å². The highest BCUT2D eigenvalue weighted by Gasteiger charge is 2.29. The zero-order chi connectivity index (χ0) is 34.7. The minimum Gasteiger partial charge on any atom is -0.494 e. The topological polar surface area (TPSA) is 53.1 Å². The van der Waals surface area contributed by atoms with Gasteiger partial charge in [0.25, 0.3) is 0 Å². The van der Waals surface area contributed by atoms with Crippen molar-refractivity contribution in [3.8, 4) is 5.75 Å². The standard InChI is InChI=1S/C41H55Cl2N3O3/c1-2-3-4-5-6-7-8-9-10-11-12-13-14-15-16-22-39(47)46-38-33-35(25-23-34(38)24-26-40(46)48)49-32-18-17-27-44-28-30-45(31-29-44)37-21-19-20-36(42)41(37)43/h3-4,6-7,9-10,19-21,23,25,33H,2,5,8,11-18,22,24,26-32H2,1H3. The molecule has 49 heavy (non-hydrogen) atoms. The van der Waals surface area contributed by atoms with Crippen LogP contribution in [-0.2, 0) is 16.0 Å². The van der Waals surface area contributed by atoms with Crippen LogP contribution in [0.1, 0.15) is 96.0 Å². The van der Waals surface area contributed by atoms with Crippen molar-refractivity contribution in [1.29, 1.82) is 0 Å². The number of piperazine rings is 1. The number of rotatable bonds is 20. The predicted octanol–water partition coefficient (Wildman–Crippen LogP) is 10.4. The zero-order valence-corrected chi connectivity index (χ0v) is 30.9. The van der Waals surface area contributed by atoms with Gasteiger partial charge < -0.3 is 9.64 Å². The maximum absolute atomic E-state index is 13.2. The number of ether oxygens (including phenoxy) is 1. The number of imide groups is 1. The molecule has 266 valence electrons. The lowest BCUT2D eigenvalue weighted by Crippen LogP contribution is -2.46. The second-order valence-electron chi connectivity index (χ2n) is 13.0. The number of halogens is 2. The quantitative estimate of drug-likeness (QED) is 0.101. The van der Waals surface area contributed by atoms with Crippen molar-refractivity contribution in [3.63, 3.8) is 0 Å². The lowest BCUT2D eigenvalue weighted by molar-refractivity contribution is -0.126. The average molecular weight is 709 g/mol. The number of fused-ring (bicyclic) bond motifs is 1. The van der Waals surface area contributed by atoms with Gasteiger partial charge >= 0.3 is 0 Å². The second-order valence-corrected chi connectivity index (χ2v) is 13.8. The molecule has 0 N–H and O–H groups in total. The summed E-state index contributed by atoms with van der Waals surface area (Å²) in [6.07, 6.45) is 26.2. The monoisotopic (exact) mass is 707 g/mol. The van der Waals surface area contributed by atoms with E-state index >= 15 is 0 Å². The number of aryl methyl sites for hydroxylation is 1. The molecule has 0 atom stereocenters. The van der Waals surface area contributed by atoms with Crippen LogP contribution in [0.25, 0.3) is 0 Å². The Balaban J connectivity index is 1.10. The van der Waals surface area contributed by atoms with Crippen LogP contribution < -0.4 is 14.5 Å². The van der Waals surface area contributed by atoms with E-state index in [2.05, 4.69) is 53.2 Å². The molecule has 0 bridgehead atoms. The first kappa shape index (κ1) is 38.7. The number of carbonyl (C=O) groups excluding carboxylic acids is 2. The SMILES string of the molecule is CCC=CCC=CCC=CCCCCCCCC(=O)N1C(=O)CCc2ccc(OCCCCN3CCN(c4cccc(Cl)c4Cl)CC3)cc21. The third-order valence-electron chi connectivity index (χ3n) is 9.23. The van der Waals surface area contributed by atoms with E-state index in [4.69, 9.17) is 27.9 Å². The number of nitrogens with zero attached hydrogens (tertiary/aromatic N) is 3. The molecule has 4 rings (SSSR count). The highest BCUT2D eigenvalue weighted by atomic mass is 35.5. The summed E-state index contributed by atoms with van der Waals surface area (Å²) in [6.45, 7) is 7.60. The molecule has 2 amide bonds. The van der Waals surface area contributed by atoms with Crippen LogP contribution in [-0.4, -0.2) is 56.0 Å². The van der Waals surface area contributed by atoms with Crippen LogP contribution in [0.15, 0.2) is 72.9 Å². The van der Waals surface area contributed by atoms with Gasteiger partial charge in [-0.15, -0.1) is 0 Å². The van der Waals surface area contributed by atoms with Gasteiger partial charge in [-0.3, -0.25) is 19.4 Å². The fourth-order valence-electron chi connectivity index (χ4n) is 6.40. The van der Waals surface area contributed by atoms with Gasteiger partial charge in [0.15, 0.2) is 0 Å². The lowest BCUT2D eigenvalue weighted by atomic mass is 10.00. The van der Waals surface area contributed by atoms with Crippen molar-refractivity contribution in [3.05, 3.63) is 88.5 Å². The summed E-state index contributed by atoms with van der Waals surface area (Å²) in [7, 11) is 0. The molecule has 2 aliphatic heterocycles. The fourth-order valence-corrected chi connectivity index (χ4v) is 6.81. The number of amides is 2. The van der Waals surface area contributed by atoms with Gasteiger partial charge in [-0.2, -0.15) is 0 Å². The summed E-state index contributed by atoms with van der Waals surface area (Å²) in [5.41, 5.74) is 2.75. The maximum Gasteiger partial charge on any atom is 0.234 e. The summed E-state index contributed by atoms with van der Waals surface area (Å²) in [6, 6.07) is 11.7. The Morgan fingerprint density at radius 1 is 0.796 bits per heavy atom. The van der Waals surface area contributed by atoms with Gasteiger partial charge in [-0.25, -0.2) is 0 Å². The van der Waals surface area contributed by atoms with Crippen molar-refractivity contribution in [2.24, 2.45) is 0 Å². The van der Waals surface area contributed by atoms with Crippen molar-refractivity contribution in [2.75, 3.05) is 49.1 Å². The molecule has 0 saturated carbocycles. The van der Waals surface area contributed by atoms with Gasteiger partial charge in [-0.05, 0) is 88.1 Å². The van der Waals surface area contributed by atoms with Crippen molar-refractivity contribution in [2.45, 2.75) is 96.8 Å². The van der Waals surface area contributed by atoms with Crippen LogP contribution in [0.2, 0.25) is 10.0 Å². The molecule has 2 heterocycles. The molecule has 1 saturated heterocycles. The molecule has 0 unspecified atom stereocenters. The highest BCUT2D eigenvalue weighted by molar-refractivity contribution is 6.43. The molecular formula is C41H55Cl2N3O3. The van der Waals surface area contributed by atoms with Crippen LogP contribution in [0.5, 0.6) is 5.75 Å². The van der Waals surface area contributed by atoms with Gasteiger partial charge in [0.2, 0.25) is 11.8 Å². The maximum atomic E-state index is 13.2. The Kier molecular flexibility index (Phi) is 17.3. The number of hydrogen-bond acceptors (Lipinski definition) is 5. The first-order chi connectivity index (χ1) is 24.0. The number of benzene rings is 2. The van der Waals surface area contributed by atoms with Gasteiger partial charge in [0, 0.05) is 45.1 Å². The fraction of sp³-hybridized carbons (Fsp3) is 0.512. The van der Waals surface area contributed by atoms with Crippen molar-refractivity contribution in [1.82, 2.24) is 4.90 Å². The predicted molar refractivity (Wildman–Crippen MR) is 206 cm³/mol. The molecule has 6 nitrogen and oxygen atoms in total.